The molecule has 2 heterocycles. The molecule has 1 aliphatic rings. The highest BCUT2D eigenvalue weighted by Gasteiger charge is 2.33. The molecule has 0 aliphatic carbocycles. The molecule has 1 N–H and O–H groups in total. The van der Waals surface area contributed by atoms with E-state index in [9.17, 15) is 19.5 Å². The van der Waals surface area contributed by atoms with Gasteiger partial charge in [-0.25, -0.2) is 4.79 Å². The zero-order valence-electron chi connectivity index (χ0n) is 11.6. The van der Waals surface area contributed by atoms with Crippen LogP contribution in [0, 0.1) is 6.92 Å². The Morgan fingerprint density at radius 3 is 2.65 bits per heavy atom. The summed E-state index contributed by atoms with van der Waals surface area (Å²) in [5.74, 6) is -1.50. The lowest BCUT2D eigenvalue weighted by atomic mass is 10.0. The van der Waals surface area contributed by atoms with Gasteiger partial charge in [-0.15, -0.1) is 0 Å². The second kappa shape index (κ2) is 5.48. The van der Waals surface area contributed by atoms with Crippen LogP contribution in [0.25, 0.3) is 0 Å². The van der Waals surface area contributed by atoms with Crippen LogP contribution >= 0.6 is 0 Å². The van der Waals surface area contributed by atoms with Gasteiger partial charge in [0.25, 0.3) is 11.5 Å². The van der Waals surface area contributed by atoms with Gasteiger partial charge >= 0.3 is 5.97 Å². The predicted octanol–water partition coefficient (Wildman–Crippen LogP) is 0.773. The van der Waals surface area contributed by atoms with Crippen molar-refractivity contribution in [2.24, 2.45) is 7.05 Å². The maximum absolute atomic E-state index is 12.4. The van der Waals surface area contributed by atoms with Gasteiger partial charge in [0.15, 0.2) is 0 Å². The molecule has 1 atom stereocenters. The smallest absolute Gasteiger partial charge is 0.326 e. The molecule has 6 heteroatoms. The SMILES string of the molecule is Cc1ccc(C(=O)N2CCCCC2C(=O)O)c(=O)n1C. The Balaban J connectivity index is 2.37. The van der Waals surface area contributed by atoms with Crippen molar-refractivity contribution < 1.29 is 14.7 Å². The van der Waals surface area contributed by atoms with Crippen molar-refractivity contribution in [2.75, 3.05) is 6.54 Å². The van der Waals surface area contributed by atoms with E-state index in [-0.39, 0.29) is 11.1 Å². The Bertz CT molecular complexity index is 606. The van der Waals surface area contributed by atoms with Crippen molar-refractivity contribution in [3.8, 4) is 0 Å². The van der Waals surface area contributed by atoms with Gasteiger partial charge in [-0.2, -0.15) is 0 Å². The van der Waals surface area contributed by atoms with Crippen LogP contribution in [0.3, 0.4) is 0 Å². The third-order valence-corrected chi connectivity index (χ3v) is 3.83. The number of carboxylic acids is 1. The van der Waals surface area contributed by atoms with Crippen LogP contribution in [0.5, 0.6) is 0 Å². The van der Waals surface area contributed by atoms with E-state index >= 15 is 0 Å². The molecule has 0 aromatic carbocycles. The summed E-state index contributed by atoms with van der Waals surface area (Å²) in [6.07, 6.45) is 1.99. The highest BCUT2D eigenvalue weighted by Crippen LogP contribution is 2.19. The van der Waals surface area contributed by atoms with Gasteiger partial charge in [-0.3, -0.25) is 9.59 Å². The van der Waals surface area contributed by atoms with Gasteiger partial charge in [0.1, 0.15) is 11.6 Å². The molecule has 0 bridgehead atoms. The standard InChI is InChI=1S/C14H18N2O4/c1-9-6-7-10(12(17)15(9)2)13(18)16-8-4-3-5-11(16)14(19)20/h6-7,11H,3-5,8H2,1-2H3,(H,19,20). The van der Waals surface area contributed by atoms with Crippen LogP contribution in [0.15, 0.2) is 16.9 Å². The summed E-state index contributed by atoms with van der Waals surface area (Å²) in [7, 11) is 1.60. The fourth-order valence-electron chi connectivity index (χ4n) is 2.48. The topological polar surface area (TPSA) is 79.6 Å². The van der Waals surface area contributed by atoms with E-state index in [1.807, 2.05) is 0 Å². The molecule has 0 radical (unpaired) electrons. The van der Waals surface area contributed by atoms with E-state index in [0.29, 0.717) is 13.0 Å². The van der Waals surface area contributed by atoms with Crippen molar-refractivity contribution in [1.29, 1.82) is 0 Å². The van der Waals surface area contributed by atoms with E-state index < -0.39 is 17.9 Å². The van der Waals surface area contributed by atoms with E-state index in [1.54, 1.807) is 20.0 Å². The lowest BCUT2D eigenvalue weighted by molar-refractivity contribution is -0.143. The Labute approximate surface area is 116 Å². The molecular formula is C14H18N2O4. The first-order valence-corrected chi connectivity index (χ1v) is 6.64. The Hall–Kier alpha value is -2.11. The minimum atomic E-state index is -1.01. The Morgan fingerprint density at radius 1 is 1.30 bits per heavy atom. The lowest BCUT2D eigenvalue weighted by Crippen LogP contribution is -2.49. The minimum absolute atomic E-state index is 0.0336. The summed E-state index contributed by atoms with van der Waals surface area (Å²) in [6, 6.07) is 2.34. The molecule has 0 saturated carbocycles. The monoisotopic (exact) mass is 278 g/mol. The molecule has 6 nitrogen and oxygen atoms in total. The van der Waals surface area contributed by atoms with E-state index in [0.717, 1.165) is 18.5 Å². The zero-order valence-corrected chi connectivity index (χ0v) is 11.6. The predicted molar refractivity (Wildman–Crippen MR) is 72.7 cm³/mol. The molecule has 1 aromatic rings. The second-order valence-electron chi connectivity index (χ2n) is 5.10. The highest BCUT2D eigenvalue weighted by atomic mass is 16.4. The fourth-order valence-corrected chi connectivity index (χ4v) is 2.48. The van der Waals surface area contributed by atoms with E-state index in [2.05, 4.69) is 0 Å². The van der Waals surface area contributed by atoms with Crippen molar-refractivity contribution in [1.82, 2.24) is 9.47 Å². The summed E-state index contributed by atoms with van der Waals surface area (Å²) >= 11 is 0. The number of nitrogens with zero attached hydrogens (tertiary/aromatic N) is 2. The number of rotatable bonds is 2. The number of likely N-dealkylation sites (tertiary alicyclic amines) is 1. The number of aryl methyl sites for hydroxylation is 1. The van der Waals surface area contributed by atoms with Gasteiger partial charge in [-0.1, -0.05) is 0 Å². The molecule has 1 unspecified atom stereocenters. The molecule has 2 rings (SSSR count). The van der Waals surface area contributed by atoms with Crippen LogP contribution in [0.4, 0.5) is 0 Å². The van der Waals surface area contributed by atoms with Crippen molar-refractivity contribution >= 4 is 11.9 Å². The Morgan fingerprint density at radius 2 is 2.00 bits per heavy atom. The number of hydrogen-bond acceptors (Lipinski definition) is 3. The normalized spacial score (nSPS) is 18.9. The van der Waals surface area contributed by atoms with Gasteiger partial charge in [0, 0.05) is 19.3 Å². The number of carbonyl (C=O) groups is 2. The molecule has 20 heavy (non-hydrogen) atoms. The molecule has 1 amide bonds. The average Bonchev–Trinajstić information content (AvgIpc) is 2.44. The summed E-state index contributed by atoms with van der Waals surface area (Å²) < 4.78 is 1.40. The maximum atomic E-state index is 12.4. The van der Waals surface area contributed by atoms with Crippen LogP contribution in [-0.4, -0.2) is 39.0 Å². The van der Waals surface area contributed by atoms with Crippen molar-refractivity contribution in [3.63, 3.8) is 0 Å². The summed E-state index contributed by atoms with van der Waals surface area (Å²) in [5.41, 5.74) is 0.399. The molecular weight excluding hydrogens is 260 g/mol. The van der Waals surface area contributed by atoms with E-state index in [4.69, 9.17) is 0 Å². The molecule has 1 aromatic heterocycles. The number of piperidine rings is 1. The lowest BCUT2D eigenvalue weighted by Gasteiger charge is -2.32. The van der Waals surface area contributed by atoms with Crippen LogP contribution in [-0.2, 0) is 11.8 Å². The van der Waals surface area contributed by atoms with Crippen molar-refractivity contribution in [3.05, 3.63) is 33.7 Å². The molecule has 1 aliphatic heterocycles. The first kappa shape index (κ1) is 14.3. The van der Waals surface area contributed by atoms with E-state index in [1.165, 1.54) is 15.5 Å². The quantitative estimate of drug-likeness (QED) is 0.866. The van der Waals surface area contributed by atoms with Crippen LogP contribution in [0.1, 0.15) is 35.3 Å². The number of pyridine rings is 1. The second-order valence-corrected chi connectivity index (χ2v) is 5.10. The summed E-state index contributed by atoms with van der Waals surface area (Å²) in [5, 5.41) is 9.20. The minimum Gasteiger partial charge on any atom is -0.480 e. The van der Waals surface area contributed by atoms with Crippen molar-refractivity contribution in [2.45, 2.75) is 32.2 Å². The number of carbonyl (C=O) groups excluding carboxylic acids is 1. The third kappa shape index (κ3) is 2.45. The molecule has 108 valence electrons. The molecule has 1 fully saturated rings. The number of aromatic nitrogens is 1. The maximum Gasteiger partial charge on any atom is 0.326 e. The largest absolute Gasteiger partial charge is 0.480 e. The highest BCUT2D eigenvalue weighted by molar-refractivity contribution is 5.96. The summed E-state index contributed by atoms with van der Waals surface area (Å²) in [6.45, 7) is 2.16. The van der Waals surface area contributed by atoms with Gasteiger partial charge < -0.3 is 14.6 Å². The van der Waals surface area contributed by atoms with Gasteiger partial charge in [0.2, 0.25) is 0 Å². The summed E-state index contributed by atoms with van der Waals surface area (Å²) in [4.78, 5) is 37.1. The van der Waals surface area contributed by atoms with Gasteiger partial charge in [0.05, 0.1) is 0 Å². The van der Waals surface area contributed by atoms with Crippen LogP contribution in [0.2, 0.25) is 0 Å². The first-order valence-electron chi connectivity index (χ1n) is 6.64. The molecule has 0 spiro atoms. The number of amides is 1. The number of aliphatic carboxylic acids is 1. The van der Waals surface area contributed by atoms with Gasteiger partial charge in [-0.05, 0) is 38.3 Å². The van der Waals surface area contributed by atoms with Crippen LogP contribution < -0.4 is 5.56 Å². The fraction of sp³-hybridized carbons (Fsp3) is 0.500. The zero-order chi connectivity index (χ0) is 14.9. The molecule has 1 saturated heterocycles. The first-order chi connectivity index (χ1) is 9.43. The third-order valence-electron chi connectivity index (χ3n) is 3.83. The Kier molecular flexibility index (Phi) is 3.92. The number of carboxylic acid groups (broad SMARTS) is 1. The number of hydrogen-bond donors (Lipinski definition) is 1. The average molecular weight is 278 g/mol.